The van der Waals surface area contributed by atoms with Gasteiger partial charge >= 0.3 is 0 Å². The summed E-state index contributed by atoms with van der Waals surface area (Å²) < 4.78 is 0.956. The van der Waals surface area contributed by atoms with Gasteiger partial charge in [0.25, 0.3) is 0 Å². The van der Waals surface area contributed by atoms with E-state index >= 15 is 0 Å². The minimum Gasteiger partial charge on any atom is -0.389 e. The van der Waals surface area contributed by atoms with Crippen molar-refractivity contribution in [3.05, 3.63) is 9.93 Å². The number of allylic oxidation sites excluding steroid dienone is 1. The van der Waals surface area contributed by atoms with Crippen LogP contribution in [0.5, 0.6) is 0 Å². The zero-order valence-electron chi connectivity index (χ0n) is 6.76. The maximum Gasteiger partial charge on any atom is 0.131 e. The van der Waals surface area contributed by atoms with Gasteiger partial charge in [-0.3, -0.25) is 0 Å². The van der Waals surface area contributed by atoms with E-state index in [2.05, 4.69) is 0 Å². The molecule has 11 heavy (non-hydrogen) atoms. The van der Waals surface area contributed by atoms with Crippen molar-refractivity contribution in [1.29, 1.82) is 5.26 Å². The van der Waals surface area contributed by atoms with Crippen LogP contribution in [0, 0.1) is 11.3 Å². The number of rotatable bonds is 4. The molecule has 0 aromatic heterocycles. The van der Waals surface area contributed by atoms with Gasteiger partial charge in [-0.1, -0.05) is 13.8 Å². The van der Waals surface area contributed by atoms with Gasteiger partial charge in [0.05, 0.1) is 4.24 Å². The van der Waals surface area contributed by atoms with Crippen molar-refractivity contribution < 1.29 is 0 Å². The zero-order valence-corrected chi connectivity index (χ0v) is 8.39. The molecule has 0 saturated heterocycles. The Bertz CT molecular complexity index is 173. The van der Waals surface area contributed by atoms with Crippen LogP contribution in [0.3, 0.4) is 0 Å². The van der Waals surface area contributed by atoms with Crippen LogP contribution in [0.4, 0.5) is 0 Å². The molecular weight excluding hydrogens is 176 g/mol. The highest BCUT2D eigenvalue weighted by Gasteiger charge is 2.01. The number of hydrogen-bond donors (Lipinski definition) is 1. The Morgan fingerprint density at radius 1 is 1.36 bits per heavy atom. The van der Waals surface area contributed by atoms with Gasteiger partial charge in [0.15, 0.2) is 0 Å². The molecule has 2 N–H and O–H groups in total. The molecular formula is C7H12N2S2. The van der Waals surface area contributed by atoms with Gasteiger partial charge in [-0.15, -0.1) is 23.5 Å². The molecule has 62 valence electrons. The summed E-state index contributed by atoms with van der Waals surface area (Å²) in [5.74, 6) is 1.93. The summed E-state index contributed by atoms with van der Waals surface area (Å²) in [5, 5.41) is 8.50. The van der Waals surface area contributed by atoms with Crippen molar-refractivity contribution in [2.24, 2.45) is 5.73 Å². The first kappa shape index (κ1) is 10.7. The zero-order chi connectivity index (χ0) is 8.69. The van der Waals surface area contributed by atoms with Gasteiger partial charge in [-0.05, 0) is 11.5 Å². The highest BCUT2D eigenvalue weighted by atomic mass is 32.2. The van der Waals surface area contributed by atoms with E-state index in [0.29, 0.717) is 5.70 Å². The van der Waals surface area contributed by atoms with Crippen LogP contribution >= 0.6 is 23.5 Å². The summed E-state index contributed by atoms with van der Waals surface area (Å²) in [6.45, 7) is 4.09. The smallest absolute Gasteiger partial charge is 0.131 e. The SMILES string of the molecule is CCSC(SCC)=C(N)C#N. The first-order chi connectivity index (χ1) is 5.26. The Balaban J connectivity index is 4.20. The second-order valence-electron chi connectivity index (χ2n) is 1.68. The molecule has 4 heteroatoms. The molecule has 0 unspecified atom stereocenters. The minimum atomic E-state index is 0.351. The Morgan fingerprint density at radius 3 is 2.09 bits per heavy atom. The van der Waals surface area contributed by atoms with Crippen LogP contribution in [0.2, 0.25) is 0 Å². The third-order valence-electron chi connectivity index (χ3n) is 0.891. The fourth-order valence-electron chi connectivity index (χ4n) is 0.505. The van der Waals surface area contributed by atoms with Crippen LogP contribution < -0.4 is 5.73 Å². The molecule has 0 aliphatic rings. The van der Waals surface area contributed by atoms with Gasteiger partial charge in [0, 0.05) is 0 Å². The Morgan fingerprint density at radius 2 is 1.82 bits per heavy atom. The maximum absolute atomic E-state index is 8.50. The molecule has 0 aromatic rings. The average Bonchev–Trinajstić information content (AvgIpc) is 2.03. The predicted octanol–water partition coefficient (Wildman–Crippen LogP) is 2.14. The molecule has 0 saturated carbocycles. The number of hydrogen-bond acceptors (Lipinski definition) is 4. The molecule has 0 radical (unpaired) electrons. The van der Waals surface area contributed by atoms with Crippen molar-refractivity contribution in [2.75, 3.05) is 11.5 Å². The lowest BCUT2D eigenvalue weighted by molar-refractivity contribution is 1.39. The summed E-state index contributed by atoms with van der Waals surface area (Å²) in [6.07, 6.45) is 0. The standard InChI is InChI=1S/C7H12N2S2/c1-3-10-7(11-4-2)6(9)5-8/h3-4,9H2,1-2H3. The first-order valence-electron chi connectivity index (χ1n) is 3.41. The van der Waals surface area contributed by atoms with Crippen molar-refractivity contribution >= 4 is 23.5 Å². The summed E-state index contributed by atoms with van der Waals surface area (Å²) >= 11 is 3.26. The van der Waals surface area contributed by atoms with Crippen molar-refractivity contribution in [3.8, 4) is 6.07 Å². The lowest BCUT2D eigenvalue weighted by Crippen LogP contribution is -1.96. The van der Waals surface area contributed by atoms with Gasteiger partial charge < -0.3 is 5.73 Å². The number of thioether (sulfide) groups is 2. The van der Waals surface area contributed by atoms with E-state index in [1.54, 1.807) is 23.5 Å². The predicted molar refractivity (Wildman–Crippen MR) is 53.1 cm³/mol. The largest absolute Gasteiger partial charge is 0.389 e. The molecule has 0 amide bonds. The molecule has 0 aliphatic heterocycles. The van der Waals surface area contributed by atoms with E-state index in [4.69, 9.17) is 11.0 Å². The fourth-order valence-corrected chi connectivity index (χ4v) is 2.47. The van der Waals surface area contributed by atoms with Crippen molar-refractivity contribution in [1.82, 2.24) is 0 Å². The van der Waals surface area contributed by atoms with Crippen LogP contribution in [0.1, 0.15) is 13.8 Å². The molecule has 2 nitrogen and oxygen atoms in total. The minimum absolute atomic E-state index is 0.351. The second-order valence-corrected chi connectivity index (χ2v) is 4.49. The molecule has 0 aromatic carbocycles. The Hall–Kier alpha value is -0.270. The van der Waals surface area contributed by atoms with E-state index in [0.717, 1.165) is 15.7 Å². The van der Waals surface area contributed by atoms with E-state index in [1.165, 1.54) is 0 Å². The molecule has 0 rings (SSSR count). The molecule has 0 aliphatic carbocycles. The Kier molecular flexibility index (Phi) is 6.28. The highest BCUT2D eigenvalue weighted by molar-refractivity contribution is 8.22. The summed E-state index contributed by atoms with van der Waals surface area (Å²) in [5.41, 5.74) is 5.82. The van der Waals surface area contributed by atoms with Gasteiger partial charge in [-0.2, -0.15) is 5.26 Å². The van der Waals surface area contributed by atoms with E-state index < -0.39 is 0 Å². The summed E-state index contributed by atoms with van der Waals surface area (Å²) in [6, 6.07) is 1.95. The monoisotopic (exact) mass is 188 g/mol. The van der Waals surface area contributed by atoms with E-state index in [9.17, 15) is 0 Å². The first-order valence-corrected chi connectivity index (χ1v) is 5.38. The number of nitriles is 1. The van der Waals surface area contributed by atoms with Gasteiger partial charge in [0.2, 0.25) is 0 Å². The lowest BCUT2D eigenvalue weighted by Gasteiger charge is -2.02. The van der Waals surface area contributed by atoms with Crippen molar-refractivity contribution in [2.45, 2.75) is 13.8 Å². The maximum atomic E-state index is 8.50. The lowest BCUT2D eigenvalue weighted by atomic mass is 10.6. The normalized spacial score (nSPS) is 8.82. The van der Waals surface area contributed by atoms with Crippen molar-refractivity contribution in [3.63, 3.8) is 0 Å². The quantitative estimate of drug-likeness (QED) is 0.687. The summed E-state index contributed by atoms with van der Waals surface area (Å²) in [7, 11) is 0. The van der Waals surface area contributed by atoms with Crippen LogP contribution in [0.25, 0.3) is 0 Å². The second kappa shape index (κ2) is 6.44. The Labute approximate surface area is 76.2 Å². The van der Waals surface area contributed by atoms with Crippen LogP contribution in [0.15, 0.2) is 9.93 Å². The van der Waals surface area contributed by atoms with Crippen LogP contribution in [-0.2, 0) is 0 Å². The van der Waals surface area contributed by atoms with E-state index in [1.807, 2.05) is 19.9 Å². The molecule has 0 spiro atoms. The molecule has 0 bridgehead atoms. The third-order valence-corrected chi connectivity index (χ3v) is 3.14. The van der Waals surface area contributed by atoms with Gasteiger partial charge in [-0.25, -0.2) is 0 Å². The molecule has 0 heterocycles. The fraction of sp³-hybridized carbons (Fsp3) is 0.571. The highest BCUT2D eigenvalue weighted by Crippen LogP contribution is 2.29. The summed E-state index contributed by atoms with van der Waals surface area (Å²) in [4.78, 5) is 0. The number of nitrogens with two attached hydrogens (primary N) is 1. The third kappa shape index (κ3) is 4.23. The average molecular weight is 188 g/mol. The topological polar surface area (TPSA) is 49.8 Å². The number of nitrogens with zero attached hydrogens (tertiary/aromatic N) is 1. The molecule has 0 atom stereocenters. The van der Waals surface area contributed by atoms with Gasteiger partial charge in [0.1, 0.15) is 11.8 Å². The molecule has 0 fully saturated rings. The van der Waals surface area contributed by atoms with E-state index in [-0.39, 0.29) is 0 Å². The van der Waals surface area contributed by atoms with Crippen LogP contribution in [-0.4, -0.2) is 11.5 Å².